The highest BCUT2D eigenvalue weighted by molar-refractivity contribution is 7.92. The van der Waals surface area contributed by atoms with Crippen molar-refractivity contribution in [2.45, 2.75) is 49.8 Å². The second kappa shape index (κ2) is 4.86. The monoisotopic (exact) mass is 329 g/mol. The Kier molecular flexibility index (Phi) is 3.97. The number of hydrogen-bond acceptors (Lipinski definition) is 4. The molecule has 1 heterocycles. The van der Waals surface area contributed by atoms with E-state index in [2.05, 4.69) is 4.72 Å². The lowest BCUT2D eigenvalue weighted by Crippen LogP contribution is -2.60. The van der Waals surface area contributed by atoms with Crippen LogP contribution >= 0.6 is 11.6 Å². The summed E-state index contributed by atoms with van der Waals surface area (Å²) in [5.41, 5.74) is -0.255. The van der Waals surface area contributed by atoms with E-state index in [0.29, 0.717) is 6.42 Å². The largest absolute Gasteiger partial charge is 0.229 e. The molecular weight excluding hydrogens is 310 g/mol. The molecular formula is C11H20ClNO4S2. The molecule has 19 heavy (non-hydrogen) atoms. The number of nitrogens with one attached hydrogen (secondary N) is 1. The van der Waals surface area contributed by atoms with E-state index in [1.807, 2.05) is 13.8 Å². The molecule has 1 saturated carbocycles. The lowest BCUT2D eigenvalue weighted by molar-refractivity contribution is 0.137. The van der Waals surface area contributed by atoms with Crippen LogP contribution in [0.15, 0.2) is 0 Å². The predicted octanol–water partition coefficient (Wildman–Crippen LogP) is 0.889. The third-order valence-electron chi connectivity index (χ3n) is 4.40. The second-order valence-corrected chi connectivity index (χ2v) is 10.9. The maximum Gasteiger partial charge on any atom is 0.214 e. The maximum absolute atomic E-state index is 12.2. The Bertz CT molecular complexity index is 541. The Morgan fingerprint density at radius 1 is 1.21 bits per heavy atom. The average Bonchev–Trinajstić information content (AvgIpc) is 2.28. The average molecular weight is 330 g/mol. The summed E-state index contributed by atoms with van der Waals surface area (Å²) in [5.74, 6) is -0.0739. The Labute approximate surface area is 120 Å². The summed E-state index contributed by atoms with van der Waals surface area (Å²) in [6, 6.07) is -0.154. The van der Waals surface area contributed by atoms with Crippen LogP contribution in [0.1, 0.15) is 33.1 Å². The number of sulfone groups is 1. The van der Waals surface area contributed by atoms with E-state index in [0.717, 1.165) is 0 Å². The second-order valence-electron chi connectivity index (χ2n) is 6.09. The van der Waals surface area contributed by atoms with Gasteiger partial charge in [0, 0.05) is 11.4 Å². The fraction of sp³-hybridized carbons (Fsp3) is 1.00. The van der Waals surface area contributed by atoms with E-state index in [1.54, 1.807) is 0 Å². The maximum atomic E-state index is 12.2. The van der Waals surface area contributed by atoms with E-state index in [-0.39, 0.29) is 41.2 Å². The van der Waals surface area contributed by atoms with Gasteiger partial charge in [0.15, 0.2) is 0 Å². The quantitative estimate of drug-likeness (QED) is 0.780. The van der Waals surface area contributed by atoms with Crippen molar-refractivity contribution >= 4 is 31.5 Å². The third kappa shape index (κ3) is 3.09. The molecule has 5 nitrogen and oxygen atoms in total. The zero-order valence-corrected chi connectivity index (χ0v) is 13.5. The molecule has 1 saturated heterocycles. The number of rotatable bonds is 3. The fourth-order valence-electron chi connectivity index (χ4n) is 2.55. The Morgan fingerprint density at radius 2 is 1.74 bits per heavy atom. The van der Waals surface area contributed by atoms with Crippen molar-refractivity contribution in [2.24, 2.45) is 5.41 Å². The first-order chi connectivity index (χ1) is 8.55. The van der Waals surface area contributed by atoms with Crippen LogP contribution in [-0.2, 0) is 19.9 Å². The standard InChI is InChI=1S/C11H20ClNO4S2/c1-11(2)9(12)7-10(11)13-19(16,17)8-3-5-18(14,15)6-4-8/h8-10,13H,3-7H2,1-2H3. The number of sulfonamides is 1. The summed E-state index contributed by atoms with van der Waals surface area (Å²) in [6.45, 7) is 3.87. The summed E-state index contributed by atoms with van der Waals surface area (Å²) in [6.07, 6.45) is 1.00. The van der Waals surface area contributed by atoms with Crippen LogP contribution in [0.5, 0.6) is 0 Å². The fourth-order valence-corrected chi connectivity index (χ4v) is 6.51. The van der Waals surface area contributed by atoms with Gasteiger partial charge in [0.05, 0.1) is 16.8 Å². The van der Waals surface area contributed by atoms with E-state index < -0.39 is 25.1 Å². The van der Waals surface area contributed by atoms with Crippen LogP contribution < -0.4 is 4.72 Å². The molecule has 0 bridgehead atoms. The van der Waals surface area contributed by atoms with Gasteiger partial charge >= 0.3 is 0 Å². The summed E-state index contributed by atoms with van der Waals surface area (Å²) < 4.78 is 49.8. The molecule has 112 valence electrons. The van der Waals surface area contributed by atoms with Crippen LogP contribution in [-0.4, -0.2) is 45.0 Å². The van der Waals surface area contributed by atoms with E-state index in [9.17, 15) is 16.8 Å². The van der Waals surface area contributed by atoms with Crippen molar-refractivity contribution in [2.75, 3.05) is 11.5 Å². The molecule has 1 aliphatic heterocycles. The Hall–Kier alpha value is 0.150. The number of hydrogen-bond donors (Lipinski definition) is 1. The van der Waals surface area contributed by atoms with Crippen molar-refractivity contribution in [1.29, 1.82) is 0 Å². The van der Waals surface area contributed by atoms with Crippen LogP contribution in [0.3, 0.4) is 0 Å². The minimum absolute atomic E-state index is 0.0214. The van der Waals surface area contributed by atoms with Gasteiger partial charge in [0.25, 0.3) is 0 Å². The molecule has 2 atom stereocenters. The van der Waals surface area contributed by atoms with Gasteiger partial charge in [-0.15, -0.1) is 11.6 Å². The van der Waals surface area contributed by atoms with Gasteiger partial charge < -0.3 is 0 Å². The highest BCUT2D eigenvalue weighted by atomic mass is 35.5. The summed E-state index contributed by atoms with van der Waals surface area (Å²) in [7, 11) is -6.50. The van der Waals surface area contributed by atoms with Gasteiger partial charge in [-0.05, 0) is 24.7 Å². The number of halogens is 1. The molecule has 2 fully saturated rings. The van der Waals surface area contributed by atoms with Crippen molar-refractivity contribution in [3.8, 4) is 0 Å². The van der Waals surface area contributed by atoms with E-state index in [1.165, 1.54) is 0 Å². The lowest BCUT2D eigenvalue weighted by Gasteiger charge is -2.49. The molecule has 1 aliphatic carbocycles. The summed E-state index contributed by atoms with van der Waals surface area (Å²) in [4.78, 5) is 0. The first-order valence-electron chi connectivity index (χ1n) is 6.40. The predicted molar refractivity (Wildman–Crippen MR) is 75.6 cm³/mol. The molecule has 2 unspecified atom stereocenters. The van der Waals surface area contributed by atoms with Gasteiger partial charge in [-0.25, -0.2) is 21.6 Å². The van der Waals surface area contributed by atoms with Gasteiger partial charge in [-0.1, -0.05) is 13.8 Å². The normalized spacial score (nSPS) is 34.7. The van der Waals surface area contributed by atoms with Crippen molar-refractivity contribution < 1.29 is 16.8 Å². The molecule has 2 rings (SSSR count). The minimum atomic E-state index is -3.46. The van der Waals surface area contributed by atoms with Gasteiger partial charge in [-0.3, -0.25) is 0 Å². The first-order valence-corrected chi connectivity index (χ1v) is 10.2. The minimum Gasteiger partial charge on any atom is -0.229 e. The molecule has 0 spiro atoms. The number of alkyl halides is 1. The molecule has 0 amide bonds. The van der Waals surface area contributed by atoms with Gasteiger partial charge in [-0.2, -0.15) is 0 Å². The SMILES string of the molecule is CC1(C)C(Cl)CC1NS(=O)(=O)C1CCS(=O)(=O)CC1. The topological polar surface area (TPSA) is 80.3 Å². The highest BCUT2D eigenvalue weighted by Crippen LogP contribution is 2.44. The lowest BCUT2D eigenvalue weighted by atomic mass is 9.67. The van der Waals surface area contributed by atoms with Crippen molar-refractivity contribution in [3.63, 3.8) is 0 Å². The Balaban J connectivity index is 2.01. The van der Waals surface area contributed by atoms with Crippen molar-refractivity contribution in [3.05, 3.63) is 0 Å². The molecule has 0 radical (unpaired) electrons. The smallest absolute Gasteiger partial charge is 0.214 e. The van der Waals surface area contributed by atoms with Crippen LogP contribution in [0.2, 0.25) is 0 Å². The Morgan fingerprint density at radius 3 is 2.16 bits per heavy atom. The summed E-state index contributed by atoms with van der Waals surface area (Å²) >= 11 is 6.07. The van der Waals surface area contributed by atoms with Crippen LogP contribution in [0, 0.1) is 5.41 Å². The zero-order chi connectivity index (χ0) is 14.5. The summed E-state index contributed by atoms with van der Waals surface area (Å²) in [5, 5.41) is -0.617. The van der Waals surface area contributed by atoms with E-state index in [4.69, 9.17) is 11.6 Å². The zero-order valence-electron chi connectivity index (χ0n) is 11.1. The van der Waals surface area contributed by atoms with Gasteiger partial charge in [0.2, 0.25) is 10.0 Å². The molecule has 1 N–H and O–H groups in total. The van der Waals surface area contributed by atoms with E-state index >= 15 is 0 Å². The first kappa shape index (κ1) is 15.5. The molecule has 8 heteroatoms. The molecule has 0 aromatic heterocycles. The molecule has 0 aromatic carbocycles. The molecule has 0 aromatic rings. The van der Waals surface area contributed by atoms with Crippen molar-refractivity contribution in [1.82, 2.24) is 4.72 Å². The molecule has 2 aliphatic rings. The third-order valence-corrected chi connectivity index (χ3v) is 8.81. The van der Waals surface area contributed by atoms with Gasteiger partial charge in [0.1, 0.15) is 9.84 Å². The van der Waals surface area contributed by atoms with Crippen LogP contribution in [0.4, 0.5) is 0 Å². The van der Waals surface area contributed by atoms with Crippen LogP contribution in [0.25, 0.3) is 0 Å². The highest BCUT2D eigenvalue weighted by Gasteiger charge is 2.49.